The molecule has 4 rings (SSSR count). The van der Waals surface area contributed by atoms with E-state index in [4.69, 9.17) is 11.6 Å². The average Bonchev–Trinajstić information content (AvgIpc) is 3.35. The lowest BCUT2D eigenvalue weighted by atomic mass is 9.97. The molecule has 2 aromatic rings. The van der Waals surface area contributed by atoms with Crippen LogP contribution in [-0.4, -0.2) is 57.5 Å². The number of nitrogens with one attached hydrogen (secondary N) is 1. The van der Waals surface area contributed by atoms with E-state index in [2.05, 4.69) is 5.32 Å². The van der Waals surface area contributed by atoms with E-state index < -0.39 is 20.0 Å². The fraction of sp³-hybridized carbons (Fsp3) is 0.435. The molecule has 11 heteroatoms. The summed E-state index contributed by atoms with van der Waals surface area (Å²) in [6, 6.07) is 13.0. The maximum absolute atomic E-state index is 12.8. The smallest absolute Gasteiger partial charge is 0.243 e. The molecule has 2 fully saturated rings. The van der Waals surface area contributed by atoms with Crippen molar-refractivity contribution in [1.29, 1.82) is 0 Å². The number of nitrogens with zero attached hydrogens (tertiary/aromatic N) is 2. The van der Waals surface area contributed by atoms with Gasteiger partial charge in [0.15, 0.2) is 0 Å². The van der Waals surface area contributed by atoms with Gasteiger partial charge in [0.05, 0.1) is 10.6 Å². The summed E-state index contributed by atoms with van der Waals surface area (Å²) in [6.07, 6.45) is 2.58. The number of rotatable bonds is 7. The van der Waals surface area contributed by atoms with E-state index in [0.29, 0.717) is 42.2 Å². The molecule has 0 aliphatic carbocycles. The molecule has 1 amide bonds. The Morgan fingerprint density at radius 1 is 0.912 bits per heavy atom. The van der Waals surface area contributed by atoms with Crippen LogP contribution in [0.3, 0.4) is 0 Å². The van der Waals surface area contributed by atoms with Crippen LogP contribution in [0.5, 0.6) is 0 Å². The second-order valence-electron chi connectivity index (χ2n) is 8.68. The first-order valence-electron chi connectivity index (χ1n) is 11.3. The molecule has 0 saturated carbocycles. The van der Waals surface area contributed by atoms with Gasteiger partial charge < -0.3 is 5.32 Å². The molecule has 0 atom stereocenters. The zero-order chi connectivity index (χ0) is 24.3. The molecule has 2 saturated heterocycles. The predicted molar refractivity (Wildman–Crippen MR) is 131 cm³/mol. The minimum Gasteiger partial charge on any atom is -0.326 e. The summed E-state index contributed by atoms with van der Waals surface area (Å²) in [5.41, 5.74) is 1.14. The molecule has 0 spiro atoms. The van der Waals surface area contributed by atoms with Crippen LogP contribution in [0.25, 0.3) is 0 Å². The van der Waals surface area contributed by atoms with Gasteiger partial charge >= 0.3 is 0 Å². The van der Waals surface area contributed by atoms with Crippen molar-refractivity contribution in [1.82, 2.24) is 8.61 Å². The Morgan fingerprint density at radius 2 is 1.56 bits per heavy atom. The number of piperidine rings is 1. The highest BCUT2D eigenvalue weighted by atomic mass is 35.5. The van der Waals surface area contributed by atoms with Crippen LogP contribution in [0.15, 0.2) is 53.4 Å². The van der Waals surface area contributed by atoms with Gasteiger partial charge in [0.1, 0.15) is 0 Å². The van der Waals surface area contributed by atoms with E-state index in [9.17, 15) is 21.6 Å². The molecule has 8 nitrogen and oxygen atoms in total. The van der Waals surface area contributed by atoms with Crippen LogP contribution in [0.2, 0.25) is 5.02 Å². The van der Waals surface area contributed by atoms with Crippen LogP contribution >= 0.6 is 11.6 Å². The van der Waals surface area contributed by atoms with Gasteiger partial charge in [-0.3, -0.25) is 4.79 Å². The highest BCUT2D eigenvalue weighted by Gasteiger charge is 2.31. The Labute approximate surface area is 206 Å². The summed E-state index contributed by atoms with van der Waals surface area (Å²) >= 11 is 5.96. The van der Waals surface area contributed by atoms with E-state index in [1.165, 1.54) is 20.7 Å². The number of halogens is 1. The molecule has 1 N–H and O–H groups in total. The predicted octanol–water partition coefficient (Wildman–Crippen LogP) is 3.31. The van der Waals surface area contributed by atoms with Gasteiger partial charge in [-0.2, -0.15) is 4.31 Å². The van der Waals surface area contributed by atoms with Crippen LogP contribution < -0.4 is 5.32 Å². The standard InChI is InChI=1S/C23H28ClN3O5S2/c24-20-5-3-4-18(16-20)17-33(29,30)26-14-10-19(11-15-26)23(28)25-21-6-8-22(9-7-21)34(31,32)27-12-1-2-13-27/h3-9,16,19H,1-2,10-15,17H2,(H,25,28). The minimum absolute atomic E-state index is 0.128. The Morgan fingerprint density at radius 3 is 2.18 bits per heavy atom. The molecule has 0 bridgehead atoms. The molecule has 0 unspecified atom stereocenters. The summed E-state index contributed by atoms with van der Waals surface area (Å²) in [4.78, 5) is 12.9. The largest absolute Gasteiger partial charge is 0.326 e. The third kappa shape index (κ3) is 5.80. The fourth-order valence-electron chi connectivity index (χ4n) is 4.36. The Hall–Kier alpha value is -1.98. The summed E-state index contributed by atoms with van der Waals surface area (Å²) in [7, 11) is -7.00. The maximum Gasteiger partial charge on any atom is 0.243 e. The average molecular weight is 526 g/mol. The van der Waals surface area contributed by atoms with Crippen molar-refractivity contribution in [3.63, 3.8) is 0 Å². The molecule has 0 aromatic heterocycles. The van der Waals surface area contributed by atoms with Crippen LogP contribution in [0.1, 0.15) is 31.2 Å². The van der Waals surface area contributed by atoms with Crippen LogP contribution in [-0.2, 0) is 30.6 Å². The lowest BCUT2D eigenvalue weighted by Crippen LogP contribution is -2.41. The molecular formula is C23H28ClN3O5S2. The quantitative estimate of drug-likeness (QED) is 0.597. The normalized spacial score (nSPS) is 18.7. The second kappa shape index (κ2) is 10.3. The van der Waals surface area contributed by atoms with Gasteiger partial charge in [0, 0.05) is 42.8 Å². The van der Waals surface area contributed by atoms with Crippen molar-refractivity contribution >= 4 is 43.2 Å². The minimum atomic E-state index is -3.50. The molecule has 2 aliphatic heterocycles. The van der Waals surface area contributed by atoms with Gasteiger partial charge in [-0.1, -0.05) is 23.7 Å². The second-order valence-corrected chi connectivity index (χ2v) is 13.0. The van der Waals surface area contributed by atoms with Crippen molar-refractivity contribution in [2.75, 3.05) is 31.5 Å². The Bertz CT molecular complexity index is 1240. The number of sulfonamides is 2. The highest BCUT2D eigenvalue weighted by Crippen LogP contribution is 2.25. The van der Waals surface area contributed by atoms with Gasteiger partial charge in [-0.15, -0.1) is 0 Å². The summed E-state index contributed by atoms with van der Waals surface area (Å²) < 4.78 is 53.7. The van der Waals surface area contributed by atoms with Gasteiger partial charge in [0.25, 0.3) is 0 Å². The van der Waals surface area contributed by atoms with E-state index in [0.717, 1.165) is 12.8 Å². The monoisotopic (exact) mass is 525 g/mol. The first-order valence-corrected chi connectivity index (χ1v) is 14.7. The Kier molecular flexibility index (Phi) is 7.63. The van der Waals surface area contributed by atoms with Crippen LogP contribution in [0.4, 0.5) is 5.69 Å². The molecule has 2 heterocycles. The molecule has 34 heavy (non-hydrogen) atoms. The van der Waals surface area contributed by atoms with Crippen molar-refractivity contribution in [2.45, 2.75) is 36.3 Å². The third-order valence-electron chi connectivity index (χ3n) is 6.28. The van der Waals surface area contributed by atoms with E-state index in [1.54, 1.807) is 36.4 Å². The fourth-order valence-corrected chi connectivity index (χ4v) is 7.64. The van der Waals surface area contributed by atoms with Gasteiger partial charge in [-0.05, 0) is 67.6 Å². The molecular weight excluding hydrogens is 498 g/mol. The zero-order valence-corrected chi connectivity index (χ0v) is 21.1. The number of amides is 1. The number of anilines is 1. The lowest BCUT2D eigenvalue weighted by molar-refractivity contribution is -0.120. The first-order chi connectivity index (χ1) is 16.1. The topological polar surface area (TPSA) is 104 Å². The summed E-state index contributed by atoms with van der Waals surface area (Å²) in [5, 5.41) is 3.32. The highest BCUT2D eigenvalue weighted by molar-refractivity contribution is 7.89. The SMILES string of the molecule is O=C(Nc1ccc(S(=O)(=O)N2CCCC2)cc1)C1CCN(S(=O)(=O)Cc2cccc(Cl)c2)CC1. The number of carbonyl (C=O) groups is 1. The van der Waals surface area contributed by atoms with Crippen molar-refractivity contribution in [3.8, 4) is 0 Å². The van der Waals surface area contributed by atoms with Crippen molar-refractivity contribution in [3.05, 3.63) is 59.1 Å². The molecule has 184 valence electrons. The lowest BCUT2D eigenvalue weighted by Gasteiger charge is -2.30. The van der Waals surface area contributed by atoms with Crippen molar-refractivity contribution < 1.29 is 21.6 Å². The third-order valence-corrected chi connectivity index (χ3v) is 10.3. The summed E-state index contributed by atoms with van der Waals surface area (Å²) in [5.74, 6) is -0.635. The van der Waals surface area contributed by atoms with Crippen molar-refractivity contribution in [2.24, 2.45) is 5.92 Å². The number of hydrogen-bond acceptors (Lipinski definition) is 5. The number of hydrogen-bond donors (Lipinski definition) is 1. The number of carbonyl (C=O) groups excluding carboxylic acids is 1. The van der Waals surface area contributed by atoms with Gasteiger partial charge in [-0.25, -0.2) is 21.1 Å². The van der Waals surface area contributed by atoms with E-state index in [-0.39, 0.29) is 35.6 Å². The maximum atomic E-state index is 12.8. The number of benzene rings is 2. The van der Waals surface area contributed by atoms with E-state index in [1.807, 2.05) is 0 Å². The van der Waals surface area contributed by atoms with Gasteiger partial charge in [0.2, 0.25) is 26.0 Å². The molecule has 2 aliphatic rings. The first kappa shape index (κ1) is 25.1. The van der Waals surface area contributed by atoms with E-state index >= 15 is 0 Å². The Balaban J connectivity index is 1.31. The molecule has 2 aromatic carbocycles. The molecule has 0 radical (unpaired) electrons. The summed E-state index contributed by atoms with van der Waals surface area (Å²) in [6.45, 7) is 1.62. The van der Waals surface area contributed by atoms with Crippen LogP contribution in [0, 0.1) is 5.92 Å². The zero-order valence-electron chi connectivity index (χ0n) is 18.7.